The number of hydrogen-bond donors (Lipinski definition) is 1. The maximum absolute atomic E-state index is 5.92. The van der Waals surface area contributed by atoms with Crippen LogP contribution < -0.4 is 5.73 Å². The fourth-order valence-corrected chi connectivity index (χ4v) is 2.56. The van der Waals surface area contributed by atoms with E-state index in [1.807, 2.05) is 0 Å². The summed E-state index contributed by atoms with van der Waals surface area (Å²) in [4.78, 5) is 4.75. The standard InChI is InChI=1S/C13H29N3/c1-15(2)9-4-10-16(3)11-12-5-7-13(14)8-6-12/h12-13H,4-11,14H2,1-3H3. The average molecular weight is 227 g/mol. The first kappa shape index (κ1) is 13.9. The zero-order valence-electron chi connectivity index (χ0n) is 11.3. The molecule has 3 heteroatoms. The first-order valence-electron chi connectivity index (χ1n) is 6.66. The van der Waals surface area contributed by atoms with Gasteiger partial charge in [-0.25, -0.2) is 0 Å². The second-order valence-corrected chi connectivity index (χ2v) is 5.70. The maximum Gasteiger partial charge on any atom is 0.00390 e. The summed E-state index contributed by atoms with van der Waals surface area (Å²) in [5.41, 5.74) is 5.92. The van der Waals surface area contributed by atoms with E-state index in [4.69, 9.17) is 5.73 Å². The van der Waals surface area contributed by atoms with Crippen LogP contribution in [0.4, 0.5) is 0 Å². The normalized spacial score (nSPS) is 26.6. The van der Waals surface area contributed by atoms with E-state index in [0.717, 1.165) is 5.92 Å². The van der Waals surface area contributed by atoms with Crippen molar-refractivity contribution < 1.29 is 0 Å². The van der Waals surface area contributed by atoms with E-state index in [0.29, 0.717) is 6.04 Å². The van der Waals surface area contributed by atoms with Crippen molar-refractivity contribution in [2.75, 3.05) is 40.8 Å². The second kappa shape index (κ2) is 7.25. The van der Waals surface area contributed by atoms with Gasteiger partial charge in [-0.3, -0.25) is 0 Å². The molecule has 0 aromatic rings. The molecule has 1 fully saturated rings. The summed E-state index contributed by atoms with van der Waals surface area (Å²) in [6, 6.07) is 0.482. The van der Waals surface area contributed by atoms with Crippen molar-refractivity contribution in [1.82, 2.24) is 9.80 Å². The fourth-order valence-electron chi connectivity index (χ4n) is 2.56. The lowest BCUT2D eigenvalue weighted by Crippen LogP contribution is -2.33. The monoisotopic (exact) mass is 227 g/mol. The Kier molecular flexibility index (Phi) is 6.32. The van der Waals surface area contributed by atoms with E-state index in [1.165, 1.54) is 51.7 Å². The van der Waals surface area contributed by atoms with Crippen LogP contribution >= 0.6 is 0 Å². The average Bonchev–Trinajstić information content (AvgIpc) is 2.21. The van der Waals surface area contributed by atoms with Gasteiger partial charge in [-0.1, -0.05) is 0 Å². The van der Waals surface area contributed by atoms with Gasteiger partial charge in [-0.05, 0) is 72.3 Å². The minimum absolute atomic E-state index is 0.482. The van der Waals surface area contributed by atoms with Crippen molar-refractivity contribution >= 4 is 0 Å². The number of rotatable bonds is 6. The third kappa shape index (κ3) is 5.83. The van der Waals surface area contributed by atoms with Crippen molar-refractivity contribution in [2.45, 2.75) is 38.1 Å². The Bertz CT molecular complexity index is 174. The molecule has 0 amide bonds. The highest BCUT2D eigenvalue weighted by molar-refractivity contribution is 4.76. The topological polar surface area (TPSA) is 32.5 Å². The van der Waals surface area contributed by atoms with Gasteiger partial charge in [0.15, 0.2) is 0 Å². The van der Waals surface area contributed by atoms with Gasteiger partial charge in [-0.2, -0.15) is 0 Å². The Hall–Kier alpha value is -0.120. The molecular weight excluding hydrogens is 198 g/mol. The Morgan fingerprint density at radius 3 is 2.19 bits per heavy atom. The molecule has 0 aromatic heterocycles. The van der Waals surface area contributed by atoms with Crippen LogP contribution in [-0.2, 0) is 0 Å². The van der Waals surface area contributed by atoms with Gasteiger partial charge in [0, 0.05) is 12.6 Å². The summed E-state index contributed by atoms with van der Waals surface area (Å²) in [5, 5.41) is 0. The van der Waals surface area contributed by atoms with Gasteiger partial charge < -0.3 is 15.5 Å². The van der Waals surface area contributed by atoms with Crippen molar-refractivity contribution in [3.63, 3.8) is 0 Å². The van der Waals surface area contributed by atoms with Crippen molar-refractivity contribution in [2.24, 2.45) is 11.7 Å². The van der Waals surface area contributed by atoms with Crippen LogP contribution in [0.15, 0.2) is 0 Å². The van der Waals surface area contributed by atoms with E-state index >= 15 is 0 Å². The van der Waals surface area contributed by atoms with E-state index in [2.05, 4.69) is 30.9 Å². The number of hydrogen-bond acceptors (Lipinski definition) is 3. The predicted molar refractivity (Wildman–Crippen MR) is 70.6 cm³/mol. The molecule has 0 heterocycles. The Morgan fingerprint density at radius 2 is 1.62 bits per heavy atom. The molecule has 0 bridgehead atoms. The molecule has 0 saturated heterocycles. The molecule has 0 unspecified atom stereocenters. The maximum atomic E-state index is 5.92. The molecule has 96 valence electrons. The summed E-state index contributed by atoms with van der Waals surface area (Å²) in [5.74, 6) is 0.893. The van der Waals surface area contributed by atoms with Crippen LogP contribution in [0.25, 0.3) is 0 Å². The highest BCUT2D eigenvalue weighted by atomic mass is 15.1. The lowest BCUT2D eigenvalue weighted by Gasteiger charge is -2.29. The van der Waals surface area contributed by atoms with E-state index in [-0.39, 0.29) is 0 Å². The van der Waals surface area contributed by atoms with Gasteiger partial charge in [0.2, 0.25) is 0 Å². The molecule has 0 aliphatic heterocycles. The molecule has 1 aliphatic rings. The third-order valence-corrected chi connectivity index (χ3v) is 3.61. The molecule has 16 heavy (non-hydrogen) atoms. The minimum atomic E-state index is 0.482. The number of nitrogens with zero attached hydrogens (tertiary/aromatic N) is 2. The molecule has 0 radical (unpaired) electrons. The van der Waals surface area contributed by atoms with Gasteiger partial charge in [-0.15, -0.1) is 0 Å². The summed E-state index contributed by atoms with van der Waals surface area (Å²) in [6.45, 7) is 3.68. The van der Waals surface area contributed by atoms with Crippen molar-refractivity contribution in [1.29, 1.82) is 0 Å². The summed E-state index contributed by atoms with van der Waals surface area (Å²) >= 11 is 0. The van der Waals surface area contributed by atoms with Gasteiger partial charge >= 0.3 is 0 Å². The van der Waals surface area contributed by atoms with Crippen LogP contribution in [0.3, 0.4) is 0 Å². The minimum Gasteiger partial charge on any atom is -0.328 e. The lowest BCUT2D eigenvalue weighted by molar-refractivity contribution is 0.216. The predicted octanol–water partition coefficient (Wildman–Crippen LogP) is 1.39. The zero-order valence-corrected chi connectivity index (χ0v) is 11.3. The van der Waals surface area contributed by atoms with Crippen LogP contribution in [0, 0.1) is 5.92 Å². The SMILES string of the molecule is CN(C)CCCN(C)CC1CCC(N)CC1. The number of nitrogens with two attached hydrogens (primary N) is 1. The summed E-state index contributed by atoms with van der Waals surface area (Å²) in [7, 11) is 6.54. The zero-order chi connectivity index (χ0) is 12.0. The molecular formula is C13H29N3. The second-order valence-electron chi connectivity index (χ2n) is 5.70. The molecule has 2 N–H and O–H groups in total. The van der Waals surface area contributed by atoms with E-state index < -0.39 is 0 Å². The highest BCUT2D eigenvalue weighted by Gasteiger charge is 2.19. The lowest BCUT2D eigenvalue weighted by atomic mass is 9.86. The summed E-state index contributed by atoms with van der Waals surface area (Å²) in [6.07, 6.45) is 6.40. The van der Waals surface area contributed by atoms with E-state index in [1.54, 1.807) is 0 Å². The summed E-state index contributed by atoms with van der Waals surface area (Å²) < 4.78 is 0. The smallest absolute Gasteiger partial charge is 0.00390 e. The molecule has 0 aromatic carbocycles. The van der Waals surface area contributed by atoms with E-state index in [9.17, 15) is 0 Å². The quantitative estimate of drug-likeness (QED) is 0.744. The van der Waals surface area contributed by atoms with Gasteiger partial charge in [0.05, 0.1) is 0 Å². The van der Waals surface area contributed by atoms with Crippen molar-refractivity contribution in [3.05, 3.63) is 0 Å². The van der Waals surface area contributed by atoms with Gasteiger partial charge in [0.1, 0.15) is 0 Å². The molecule has 0 spiro atoms. The van der Waals surface area contributed by atoms with Crippen LogP contribution in [0.2, 0.25) is 0 Å². The first-order chi connectivity index (χ1) is 7.58. The molecule has 3 nitrogen and oxygen atoms in total. The van der Waals surface area contributed by atoms with Gasteiger partial charge in [0.25, 0.3) is 0 Å². The van der Waals surface area contributed by atoms with Crippen LogP contribution in [0.5, 0.6) is 0 Å². The fraction of sp³-hybridized carbons (Fsp3) is 1.00. The molecule has 1 saturated carbocycles. The first-order valence-corrected chi connectivity index (χ1v) is 6.66. The van der Waals surface area contributed by atoms with Crippen LogP contribution in [0.1, 0.15) is 32.1 Å². The molecule has 0 atom stereocenters. The Morgan fingerprint density at radius 1 is 1.00 bits per heavy atom. The Balaban J connectivity index is 2.07. The van der Waals surface area contributed by atoms with Crippen molar-refractivity contribution in [3.8, 4) is 0 Å². The molecule has 1 aliphatic carbocycles. The largest absolute Gasteiger partial charge is 0.328 e. The molecule has 1 rings (SSSR count). The Labute approximate surface area is 101 Å². The highest BCUT2D eigenvalue weighted by Crippen LogP contribution is 2.23. The third-order valence-electron chi connectivity index (χ3n) is 3.61. The van der Waals surface area contributed by atoms with Crippen LogP contribution in [-0.4, -0.2) is 56.6 Å².